The summed E-state index contributed by atoms with van der Waals surface area (Å²) in [6.45, 7) is 5.88. The Hall–Kier alpha value is -3.06. The van der Waals surface area contributed by atoms with Crippen LogP contribution in [0.3, 0.4) is 0 Å². The zero-order chi connectivity index (χ0) is 22.4. The lowest BCUT2D eigenvalue weighted by molar-refractivity contribution is 0.0590. The number of hydrogen-bond acceptors (Lipinski definition) is 7. The fourth-order valence-electron chi connectivity index (χ4n) is 3.30. The first-order valence-electron chi connectivity index (χ1n) is 9.55. The molecule has 0 aliphatic carbocycles. The predicted molar refractivity (Wildman–Crippen MR) is 112 cm³/mol. The van der Waals surface area contributed by atoms with Crippen LogP contribution in [0.5, 0.6) is 23.0 Å². The standard InChI is InChI=1S/C23H28O7/c1-13(2)9-19(27-4)16-7-8-18(20(22(16)28-5)23(26)29-6)30-21-15(12-24)10-14(3)11-17(21)25/h7-8,10-13,19,25H,9H2,1-6H3/t19-/m0/s1. The molecule has 0 fully saturated rings. The van der Waals surface area contributed by atoms with Crippen molar-refractivity contribution in [3.05, 3.63) is 46.5 Å². The van der Waals surface area contributed by atoms with E-state index in [-0.39, 0.29) is 40.2 Å². The molecule has 0 saturated carbocycles. The second-order valence-electron chi connectivity index (χ2n) is 7.33. The van der Waals surface area contributed by atoms with Crippen LogP contribution in [-0.4, -0.2) is 38.7 Å². The number of methoxy groups -OCH3 is 3. The van der Waals surface area contributed by atoms with Gasteiger partial charge in [-0.2, -0.15) is 0 Å². The first-order chi connectivity index (χ1) is 14.3. The lowest BCUT2D eigenvalue weighted by Crippen LogP contribution is -2.12. The molecule has 162 valence electrons. The van der Waals surface area contributed by atoms with Gasteiger partial charge in [0.05, 0.1) is 25.9 Å². The molecule has 7 heteroatoms. The van der Waals surface area contributed by atoms with Gasteiger partial charge in [0.2, 0.25) is 0 Å². The van der Waals surface area contributed by atoms with Crippen molar-refractivity contribution in [1.82, 2.24) is 0 Å². The number of carbonyl (C=O) groups excluding carboxylic acids is 2. The highest BCUT2D eigenvalue weighted by Gasteiger charge is 2.28. The Kier molecular flexibility index (Phi) is 7.83. The number of ether oxygens (including phenoxy) is 4. The summed E-state index contributed by atoms with van der Waals surface area (Å²) in [4.78, 5) is 24.1. The smallest absolute Gasteiger partial charge is 0.345 e. The molecular formula is C23H28O7. The predicted octanol–water partition coefficient (Wildman–Crippen LogP) is 4.83. The van der Waals surface area contributed by atoms with Crippen LogP contribution in [0.15, 0.2) is 24.3 Å². The van der Waals surface area contributed by atoms with E-state index in [9.17, 15) is 14.7 Å². The average molecular weight is 416 g/mol. The first-order valence-corrected chi connectivity index (χ1v) is 9.55. The molecule has 2 aromatic rings. The van der Waals surface area contributed by atoms with Gasteiger partial charge in [-0.25, -0.2) is 4.79 Å². The Morgan fingerprint density at radius 1 is 1.13 bits per heavy atom. The van der Waals surface area contributed by atoms with Crippen LogP contribution in [-0.2, 0) is 9.47 Å². The number of phenolic OH excluding ortho intramolecular Hbond substituents is 1. The van der Waals surface area contributed by atoms with Crippen LogP contribution in [0.2, 0.25) is 0 Å². The van der Waals surface area contributed by atoms with Crippen LogP contribution in [0, 0.1) is 12.8 Å². The molecule has 0 saturated heterocycles. The number of rotatable bonds is 9. The quantitative estimate of drug-likeness (QED) is 0.462. The Balaban J connectivity index is 2.67. The van der Waals surface area contributed by atoms with Crippen molar-refractivity contribution in [2.24, 2.45) is 5.92 Å². The molecule has 0 bridgehead atoms. The summed E-state index contributed by atoms with van der Waals surface area (Å²) in [7, 11) is 4.28. The van der Waals surface area contributed by atoms with Crippen LogP contribution in [0.25, 0.3) is 0 Å². The van der Waals surface area contributed by atoms with Crippen molar-refractivity contribution in [3.63, 3.8) is 0 Å². The summed E-state index contributed by atoms with van der Waals surface area (Å²) in [6, 6.07) is 6.36. The van der Waals surface area contributed by atoms with E-state index >= 15 is 0 Å². The number of phenols is 1. The summed E-state index contributed by atoms with van der Waals surface area (Å²) in [5.74, 6) is -0.263. The molecule has 30 heavy (non-hydrogen) atoms. The fraction of sp³-hybridized carbons (Fsp3) is 0.391. The van der Waals surface area contributed by atoms with Crippen LogP contribution in [0.4, 0.5) is 0 Å². The van der Waals surface area contributed by atoms with E-state index < -0.39 is 5.97 Å². The molecule has 0 heterocycles. The van der Waals surface area contributed by atoms with E-state index in [0.29, 0.717) is 29.8 Å². The minimum Gasteiger partial charge on any atom is -0.504 e. The largest absolute Gasteiger partial charge is 0.504 e. The number of aldehydes is 1. The van der Waals surface area contributed by atoms with Gasteiger partial charge in [0.1, 0.15) is 17.1 Å². The van der Waals surface area contributed by atoms with Gasteiger partial charge in [-0.15, -0.1) is 0 Å². The van der Waals surface area contributed by atoms with Gasteiger partial charge in [-0.05, 0) is 49.1 Å². The van der Waals surface area contributed by atoms with Crippen molar-refractivity contribution in [2.75, 3.05) is 21.3 Å². The van der Waals surface area contributed by atoms with Gasteiger partial charge in [0.25, 0.3) is 0 Å². The third-order valence-corrected chi connectivity index (χ3v) is 4.64. The Labute approximate surface area is 176 Å². The monoisotopic (exact) mass is 416 g/mol. The van der Waals surface area contributed by atoms with Gasteiger partial charge in [0, 0.05) is 12.7 Å². The molecule has 0 amide bonds. The lowest BCUT2D eigenvalue weighted by atomic mass is 9.96. The summed E-state index contributed by atoms with van der Waals surface area (Å²) >= 11 is 0. The number of esters is 1. The second-order valence-corrected chi connectivity index (χ2v) is 7.33. The fourth-order valence-corrected chi connectivity index (χ4v) is 3.30. The average Bonchev–Trinajstić information content (AvgIpc) is 2.72. The SMILES string of the molecule is COC(=O)c1c(Oc2c(O)cc(C)cc2C=O)ccc([C@H](CC(C)C)OC)c1OC. The summed E-state index contributed by atoms with van der Waals surface area (Å²) < 4.78 is 22.0. The minimum absolute atomic E-state index is 0.0418. The third-order valence-electron chi connectivity index (χ3n) is 4.64. The van der Waals surface area contributed by atoms with Crippen molar-refractivity contribution in [1.29, 1.82) is 0 Å². The molecule has 1 atom stereocenters. The number of aromatic hydroxyl groups is 1. The van der Waals surface area contributed by atoms with Crippen molar-refractivity contribution < 1.29 is 33.6 Å². The van der Waals surface area contributed by atoms with Gasteiger partial charge in [-0.3, -0.25) is 4.79 Å². The maximum absolute atomic E-state index is 12.6. The highest BCUT2D eigenvalue weighted by atomic mass is 16.5. The second kappa shape index (κ2) is 10.1. The molecule has 0 aromatic heterocycles. The van der Waals surface area contributed by atoms with E-state index in [0.717, 1.165) is 0 Å². The molecule has 2 rings (SSSR count). The molecule has 0 radical (unpaired) electrons. The molecule has 0 unspecified atom stereocenters. The maximum Gasteiger partial charge on any atom is 0.345 e. The molecule has 0 aliphatic heterocycles. The van der Waals surface area contributed by atoms with E-state index in [4.69, 9.17) is 18.9 Å². The normalized spacial score (nSPS) is 11.8. The highest BCUT2D eigenvalue weighted by molar-refractivity contribution is 5.96. The van der Waals surface area contributed by atoms with Crippen molar-refractivity contribution in [3.8, 4) is 23.0 Å². The zero-order valence-electron chi connectivity index (χ0n) is 18.1. The van der Waals surface area contributed by atoms with Crippen LogP contribution < -0.4 is 9.47 Å². The zero-order valence-corrected chi connectivity index (χ0v) is 18.1. The van der Waals surface area contributed by atoms with E-state index in [2.05, 4.69) is 13.8 Å². The summed E-state index contributed by atoms with van der Waals surface area (Å²) in [6.07, 6.45) is 0.979. The Bertz CT molecular complexity index is 918. The number of aryl methyl sites for hydroxylation is 1. The summed E-state index contributed by atoms with van der Waals surface area (Å²) in [5, 5.41) is 10.3. The Morgan fingerprint density at radius 3 is 2.37 bits per heavy atom. The van der Waals surface area contributed by atoms with Gasteiger partial charge in [-0.1, -0.05) is 13.8 Å². The van der Waals surface area contributed by atoms with Crippen molar-refractivity contribution in [2.45, 2.75) is 33.3 Å². The number of hydrogen-bond donors (Lipinski definition) is 1. The lowest BCUT2D eigenvalue weighted by Gasteiger charge is -2.23. The van der Waals surface area contributed by atoms with E-state index in [1.165, 1.54) is 20.3 Å². The van der Waals surface area contributed by atoms with Crippen molar-refractivity contribution >= 4 is 12.3 Å². The highest BCUT2D eigenvalue weighted by Crippen LogP contribution is 2.42. The minimum atomic E-state index is -0.678. The molecular weight excluding hydrogens is 388 g/mol. The maximum atomic E-state index is 12.6. The number of carbonyl (C=O) groups is 2. The van der Waals surface area contributed by atoms with E-state index in [1.807, 2.05) is 0 Å². The van der Waals surface area contributed by atoms with Gasteiger partial charge >= 0.3 is 5.97 Å². The topological polar surface area (TPSA) is 91.3 Å². The van der Waals surface area contributed by atoms with Gasteiger partial charge < -0.3 is 24.1 Å². The molecule has 7 nitrogen and oxygen atoms in total. The summed E-state index contributed by atoms with van der Waals surface area (Å²) in [5.41, 5.74) is 1.56. The van der Waals surface area contributed by atoms with E-state index in [1.54, 1.807) is 32.2 Å². The molecule has 2 aromatic carbocycles. The molecule has 0 aliphatic rings. The number of benzene rings is 2. The van der Waals surface area contributed by atoms with Crippen LogP contribution in [0.1, 0.15) is 58.2 Å². The third kappa shape index (κ3) is 4.91. The van der Waals surface area contributed by atoms with Gasteiger partial charge in [0.15, 0.2) is 17.8 Å². The molecule has 1 N–H and O–H groups in total. The molecule has 0 spiro atoms. The van der Waals surface area contributed by atoms with Crippen LogP contribution >= 0.6 is 0 Å². The first kappa shape index (κ1) is 23.2. The Morgan fingerprint density at radius 2 is 1.83 bits per heavy atom.